The lowest BCUT2D eigenvalue weighted by Crippen LogP contribution is -2.48. The largest absolute Gasteiger partial charge is 0.508 e. The number of phenolic OH excluding ortho intramolecular Hbond substituents is 1. The van der Waals surface area contributed by atoms with E-state index in [0.717, 1.165) is 64.1 Å². The summed E-state index contributed by atoms with van der Waals surface area (Å²) in [4.78, 5) is 28.7. The van der Waals surface area contributed by atoms with Crippen LogP contribution < -0.4 is 5.56 Å². The molecule has 2 fully saturated rings. The van der Waals surface area contributed by atoms with Gasteiger partial charge in [-0.25, -0.2) is 0 Å². The molecule has 7 heteroatoms. The zero-order chi connectivity index (χ0) is 23.7. The minimum Gasteiger partial charge on any atom is -0.508 e. The van der Waals surface area contributed by atoms with E-state index in [2.05, 4.69) is 15.9 Å². The topological polar surface area (TPSA) is 86.0 Å². The molecule has 34 heavy (non-hydrogen) atoms. The minimum atomic E-state index is -0.710. The maximum Gasteiger partial charge on any atom is 0.303 e. The van der Waals surface area contributed by atoms with E-state index >= 15 is 0 Å². The van der Waals surface area contributed by atoms with E-state index in [4.69, 9.17) is 0 Å². The fourth-order valence-corrected chi connectivity index (χ4v) is 6.53. The Morgan fingerprint density at radius 3 is 2.65 bits per heavy atom. The first-order chi connectivity index (χ1) is 16.5. The molecule has 1 aromatic heterocycles. The Balaban J connectivity index is 1.23. The van der Waals surface area contributed by atoms with Crippen molar-refractivity contribution in [2.75, 3.05) is 32.7 Å². The summed E-state index contributed by atoms with van der Waals surface area (Å²) in [7, 11) is 0. The van der Waals surface area contributed by atoms with Crippen molar-refractivity contribution in [3.63, 3.8) is 0 Å². The van der Waals surface area contributed by atoms with Crippen LogP contribution in [-0.4, -0.2) is 63.3 Å². The lowest BCUT2D eigenvalue weighted by atomic mass is 9.80. The molecule has 5 rings (SSSR count). The van der Waals surface area contributed by atoms with E-state index in [1.807, 2.05) is 28.8 Å². The number of nitrogens with zero attached hydrogens (tertiary/aromatic N) is 3. The number of aliphatic carboxylic acids is 1. The molecule has 7 nitrogen and oxygen atoms in total. The molecule has 182 valence electrons. The summed E-state index contributed by atoms with van der Waals surface area (Å²) in [6.45, 7) is 6.18. The highest BCUT2D eigenvalue weighted by atomic mass is 16.4. The van der Waals surface area contributed by atoms with Crippen LogP contribution in [0.4, 0.5) is 0 Å². The monoisotopic (exact) mass is 465 g/mol. The van der Waals surface area contributed by atoms with Crippen molar-refractivity contribution in [1.82, 2.24) is 14.4 Å². The summed E-state index contributed by atoms with van der Waals surface area (Å²) in [6.07, 6.45) is 3.25. The van der Waals surface area contributed by atoms with E-state index in [9.17, 15) is 19.8 Å². The molecule has 0 unspecified atom stereocenters. The van der Waals surface area contributed by atoms with Crippen molar-refractivity contribution in [1.29, 1.82) is 0 Å². The fourth-order valence-electron chi connectivity index (χ4n) is 6.53. The molecule has 3 aliphatic rings. The van der Waals surface area contributed by atoms with Crippen molar-refractivity contribution in [3.8, 4) is 5.75 Å². The Labute approximate surface area is 200 Å². The second-order valence-electron chi connectivity index (χ2n) is 10.5. The van der Waals surface area contributed by atoms with Crippen LogP contribution in [0.1, 0.15) is 42.9 Å². The minimum absolute atomic E-state index is 0.115. The summed E-state index contributed by atoms with van der Waals surface area (Å²) in [6, 6.07) is 13.1. The van der Waals surface area contributed by atoms with Crippen molar-refractivity contribution < 1.29 is 15.0 Å². The van der Waals surface area contributed by atoms with Crippen LogP contribution in [-0.2, 0) is 17.9 Å². The number of carboxylic acid groups (broad SMARTS) is 1. The van der Waals surface area contributed by atoms with Crippen LogP contribution in [0.3, 0.4) is 0 Å². The van der Waals surface area contributed by atoms with Crippen LogP contribution in [0.2, 0.25) is 0 Å². The van der Waals surface area contributed by atoms with Gasteiger partial charge in [-0.2, -0.15) is 0 Å². The number of carbonyl (C=O) groups is 1. The maximum atomic E-state index is 12.3. The quantitative estimate of drug-likeness (QED) is 0.654. The van der Waals surface area contributed by atoms with Gasteiger partial charge in [0.2, 0.25) is 0 Å². The number of aromatic nitrogens is 1. The molecule has 4 heterocycles. The summed E-state index contributed by atoms with van der Waals surface area (Å²) < 4.78 is 1.97. The lowest BCUT2D eigenvalue weighted by molar-refractivity contribution is -0.139. The molecule has 3 aliphatic heterocycles. The van der Waals surface area contributed by atoms with Gasteiger partial charge in [-0.1, -0.05) is 24.3 Å². The SMILES string of the molecule is O=C(O)C[C@@H]1CCN(Cc2ccccc2O)C[C@@H]1CCN1C[C@H]2C[C@H](C1)c1cccc(=O)n1C2. The first-order valence-corrected chi connectivity index (χ1v) is 12.6. The predicted molar refractivity (Wildman–Crippen MR) is 130 cm³/mol. The second-order valence-corrected chi connectivity index (χ2v) is 10.5. The number of pyridine rings is 1. The Kier molecular flexibility index (Phi) is 6.75. The molecule has 2 saturated heterocycles. The van der Waals surface area contributed by atoms with Gasteiger partial charge in [0.1, 0.15) is 5.75 Å². The zero-order valence-corrected chi connectivity index (χ0v) is 19.7. The number of piperidine rings is 2. The number of rotatable bonds is 7. The maximum absolute atomic E-state index is 12.3. The van der Waals surface area contributed by atoms with E-state index in [-0.39, 0.29) is 17.9 Å². The molecule has 0 saturated carbocycles. The molecule has 2 N–H and O–H groups in total. The van der Waals surface area contributed by atoms with Gasteiger partial charge in [0, 0.05) is 62.4 Å². The first-order valence-electron chi connectivity index (χ1n) is 12.6. The summed E-state index contributed by atoms with van der Waals surface area (Å²) in [5, 5.41) is 19.7. The van der Waals surface area contributed by atoms with Gasteiger partial charge < -0.3 is 19.7 Å². The molecule has 0 radical (unpaired) electrons. The first kappa shape index (κ1) is 23.1. The zero-order valence-electron chi connectivity index (χ0n) is 19.7. The molecule has 0 aliphatic carbocycles. The van der Waals surface area contributed by atoms with Gasteiger partial charge >= 0.3 is 5.97 Å². The molecule has 0 amide bonds. The molecule has 2 aromatic rings. The summed E-state index contributed by atoms with van der Waals surface area (Å²) >= 11 is 0. The van der Waals surface area contributed by atoms with Gasteiger partial charge in [-0.05, 0) is 62.2 Å². The average molecular weight is 466 g/mol. The predicted octanol–water partition coefficient (Wildman–Crippen LogP) is 2.98. The van der Waals surface area contributed by atoms with Gasteiger partial charge in [-0.3, -0.25) is 14.5 Å². The number of benzene rings is 1. The molecule has 2 bridgehead atoms. The van der Waals surface area contributed by atoms with Gasteiger partial charge in [-0.15, -0.1) is 0 Å². The Hall–Kier alpha value is -2.64. The van der Waals surface area contributed by atoms with Crippen LogP contribution in [0.5, 0.6) is 5.75 Å². The normalized spacial score (nSPS) is 27.3. The van der Waals surface area contributed by atoms with Crippen LogP contribution in [0.15, 0.2) is 47.3 Å². The van der Waals surface area contributed by atoms with Crippen LogP contribution in [0.25, 0.3) is 0 Å². The van der Waals surface area contributed by atoms with Gasteiger partial charge in [0.15, 0.2) is 0 Å². The molecular weight excluding hydrogens is 430 g/mol. The molecule has 0 spiro atoms. The summed E-state index contributed by atoms with van der Waals surface area (Å²) in [5.41, 5.74) is 2.21. The third-order valence-corrected chi connectivity index (χ3v) is 8.17. The number of phenols is 1. The van der Waals surface area contributed by atoms with E-state index < -0.39 is 5.97 Å². The summed E-state index contributed by atoms with van der Waals surface area (Å²) in [5.74, 6) is 1.05. The smallest absolute Gasteiger partial charge is 0.303 e. The van der Waals surface area contributed by atoms with Gasteiger partial charge in [0.25, 0.3) is 5.56 Å². The Morgan fingerprint density at radius 2 is 1.82 bits per heavy atom. The van der Waals surface area contributed by atoms with Crippen molar-refractivity contribution >= 4 is 5.97 Å². The van der Waals surface area contributed by atoms with E-state index in [1.165, 1.54) is 5.69 Å². The number of fused-ring (bicyclic) bond motifs is 4. The number of aromatic hydroxyl groups is 1. The highest BCUT2D eigenvalue weighted by Crippen LogP contribution is 2.36. The third-order valence-electron chi connectivity index (χ3n) is 8.17. The van der Waals surface area contributed by atoms with Crippen molar-refractivity contribution in [2.24, 2.45) is 17.8 Å². The lowest BCUT2D eigenvalue weighted by Gasteiger charge is -2.44. The number of hydrogen-bond acceptors (Lipinski definition) is 5. The Bertz CT molecular complexity index is 1080. The standard InChI is InChI=1S/C27H35N3O4/c31-25-6-2-1-4-22(25)17-29-10-8-20(13-27(33)34)21(16-29)9-11-28-14-19-12-23(18-28)24-5-3-7-26(32)30(24)15-19/h1-7,19-21,23,31H,8-18H2,(H,33,34)/t19-,20+,21+,23-/m1/s1. The highest BCUT2D eigenvalue weighted by Gasteiger charge is 2.36. The molecule has 1 aromatic carbocycles. The number of likely N-dealkylation sites (tertiary alicyclic amines) is 2. The highest BCUT2D eigenvalue weighted by molar-refractivity contribution is 5.67. The third kappa shape index (κ3) is 5.05. The number of hydrogen-bond donors (Lipinski definition) is 2. The Morgan fingerprint density at radius 1 is 0.971 bits per heavy atom. The van der Waals surface area contributed by atoms with Gasteiger partial charge in [0.05, 0.1) is 0 Å². The van der Waals surface area contributed by atoms with E-state index in [1.54, 1.807) is 12.1 Å². The van der Waals surface area contributed by atoms with Crippen LogP contribution in [0, 0.1) is 17.8 Å². The molecular formula is C27H35N3O4. The van der Waals surface area contributed by atoms with Crippen molar-refractivity contribution in [2.45, 2.75) is 44.7 Å². The van der Waals surface area contributed by atoms with E-state index in [0.29, 0.717) is 30.0 Å². The second kappa shape index (κ2) is 9.92. The molecule has 4 atom stereocenters. The van der Waals surface area contributed by atoms with Crippen molar-refractivity contribution in [3.05, 3.63) is 64.1 Å². The number of para-hydroxylation sites is 1. The number of carboxylic acids is 1. The van der Waals surface area contributed by atoms with Crippen LogP contribution >= 0.6 is 0 Å². The average Bonchev–Trinajstić information content (AvgIpc) is 2.81. The fraction of sp³-hybridized carbons (Fsp3) is 0.556.